The quantitative estimate of drug-likeness (QED) is 0.723. The van der Waals surface area contributed by atoms with Crippen molar-refractivity contribution in [2.75, 3.05) is 31.2 Å². The van der Waals surface area contributed by atoms with Crippen LogP contribution in [0, 0.1) is 6.92 Å². The van der Waals surface area contributed by atoms with E-state index in [1.807, 2.05) is 41.8 Å². The lowest BCUT2D eigenvalue weighted by Gasteiger charge is -2.28. The summed E-state index contributed by atoms with van der Waals surface area (Å²) in [5.41, 5.74) is 1.94. The lowest BCUT2D eigenvalue weighted by Crippen LogP contribution is -2.37. The average Bonchev–Trinajstić information content (AvgIpc) is 2.99. The van der Waals surface area contributed by atoms with Gasteiger partial charge in [-0.3, -0.25) is 0 Å². The summed E-state index contributed by atoms with van der Waals surface area (Å²) in [6.45, 7) is 5.19. The van der Waals surface area contributed by atoms with Crippen molar-refractivity contribution in [1.82, 2.24) is 19.6 Å². The Labute approximate surface area is 128 Å². The number of rotatable bonds is 2. The van der Waals surface area contributed by atoms with E-state index in [1.54, 1.807) is 0 Å². The number of morpholine rings is 1. The third-order valence-corrected chi connectivity index (χ3v) is 3.79. The van der Waals surface area contributed by atoms with Gasteiger partial charge in [-0.05, 0) is 6.92 Å². The van der Waals surface area contributed by atoms with Crippen molar-refractivity contribution in [1.29, 1.82) is 0 Å². The lowest BCUT2D eigenvalue weighted by atomic mass is 10.2. The van der Waals surface area contributed by atoms with Gasteiger partial charge in [0.05, 0.1) is 13.2 Å². The first-order valence-corrected chi connectivity index (χ1v) is 7.44. The molecule has 1 fully saturated rings. The third-order valence-electron chi connectivity index (χ3n) is 3.79. The molecular formula is C16H17N5O. The van der Waals surface area contributed by atoms with Crippen LogP contribution in [0.15, 0.2) is 36.4 Å². The van der Waals surface area contributed by atoms with Crippen molar-refractivity contribution in [2.24, 2.45) is 0 Å². The van der Waals surface area contributed by atoms with Crippen molar-refractivity contribution in [3.05, 3.63) is 42.1 Å². The Bertz CT molecular complexity index is 793. The average molecular weight is 295 g/mol. The summed E-state index contributed by atoms with van der Waals surface area (Å²) in [6.07, 6.45) is 0. The molecule has 6 heteroatoms. The van der Waals surface area contributed by atoms with Crippen molar-refractivity contribution >= 4 is 11.6 Å². The highest BCUT2D eigenvalue weighted by atomic mass is 16.5. The molecule has 4 rings (SSSR count). The van der Waals surface area contributed by atoms with Crippen LogP contribution in [-0.4, -0.2) is 45.9 Å². The second-order valence-electron chi connectivity index (χ2n) is 5.37. The zero-order valence-electron chi connectivity index (χ0n) is 12.4. The number of fused-ring (bicyclic) bond motifs is 1. The number of benzene rings is 1. The Balaban J connectivity index is 1.84. The Kier molecular flexibility index (Phi) is 3.23. The molecule has 6 nitrogen and oxygen atoms in total. The summed E-state index contributed by atoms with van der Waals surface area (Å²) in [4.78, 5) is 11.4. The van der Waals surface area contributed by atoms with Crippen LogP contribution in [-0.2, 0) is 4.74 Å². The standard InChI is InChI=1S/C16H17N5O/c1-12-11-14(20-7-9-22-10-8-20)21-16(17-12)18-15(19-21)13-5-3-2-4-6-13/h2-6,11H,7-10H2,1H3. The fraction of sp³-hybridized carbons (Fsp3) is 0.312. The number of ether oxygens (including phenoxy) is 1. The molecular weight excluding hydrogens is 278 g/mol. The van der Waals surface area contributed by atoms with Gasteiger partial charge in [0.1, 0.15) is 5.82 Å². The molecule has 0 unspecified atom stereocenters. The van der Waals surface area contributed by atoms with Crippen LogP contribution in [0.3, 0.4) is 0 Å². The van der Waals surface area contributed by atoms with Crippen LogP contribution in [0.5, 0.6) is 0 Å². The molecule has 1 aromatic carbocycles. The van der Waals surface area contributed by atoms with Crippen LogP contribution in [0.1, 0.15) is 5.69 Å². The van der Waals surface area contributed by atoms with E-state index in [0.717, 1.165) is 43.4 Å². The van der Waals surface area contributed by atoms with Crippen LogP contribution < -0.4 is 4.90 Å². The topological polar surface area (TPSA) is 55.6 Å². The van der Waals surface area contributed by atoms with Gasteiger partial charge in [-0.2, -0.15) is 9.50 Å². The molecule has 0 radical (unpaired) electrons. The Morgan fingerprint density at radius 3 is 2.59 bits per heavy atom. The molecule has 0 N–H and O–H groups in total. The van der Waals surface area contributed by atoms with Gasteiger partial charge in [0.15, 0.2) is 5.82 Å². The maximum Gasteiger partial charge on any atom is 0.254 e. The zero-order chi connectivity index (χ0) is 14.9. The van der Waals surface area contributed by atoms with Gasteiger partial charge >= 0.3 is 0 Å². The molecule has 0 saturated carbocycles. The Morgan fingerprint density at radius 2 is 1.82 bits per heavy atom. The first-order valence-electron chi connectivity index (χ1n) is 7.44. The van der Waals surface area contributed by atoms with Gasteiger partial charge in [0.25, 0.3) is 5.78 Å². The molecule has 3 heterocycles. The minimum atomic E-state index is 0.639. The minimum absolute atomic E-state index is 0.639. The first-order chi connectivity index (χ1) is 10.8. The molecule has 2 aromatic heterocycles. The summed E-state index contributed by atoms with van der Waals surface area (Å²) in [5.74, 6) is 2.37. The monoisotopic (exact) mass is 295 g/mol. The largest absolute Gasteiger partial charge is 0.378 e. The van der Waals surface area contributed by atoms with E-state index in [2.05, 4.69) is 26.0 Å². The smallest absolute Gasteiger partial charge is 0.254 e. The molecule has 1 aliphatic heterocycles. The first kappa shape index (κ1) is 13.2. The maximum absolute atomic E-state index is 5.44. The van der Waals surface area contributed by atoms with Crippen molar-refractivity contribution in [2.45, 2.75) is 6.92 Å². The summed E-state index contributed by atoms with van der Waals surface area (Å²) in [7, 11) is 0. The van der Waals surface area contributed by atoms with E-state index >= 15 is 0 Å². The predicted molar refractivity (Wildman–Crippen MR) is 84.0 cm³/mol. The lowest BCUT2D eigenvalue weighted by molar-refractivity contribution is 0.122. The van der Waals surface area contributed by atoms with Crippen molar-refractivity contribution in [3.63, 3.8) is 0 Å². The molecule has 0 bridgehead atoms. The normalized spacial score (nSPS) is 15.4. The summed E-state index contributed by atoms with van der Waals surface area (Å²) in [6, 6.07) is 12.0. The van der Waals surface area contributed by atoms with E-state index in [9.17, 15) is 0 Å². The fourth-order valence-corrected chi connectivity index (χ4v) is 2.70. The second-order valence-corrected chi connectivity index (χ2v) is 5.37. The number of aryl methyl sites for hydroxylation is 1. The second kappa shape index (κ2) is 5.38. The van der Waals surface area contributed by atoms with Crippen molar-refractivity contribution < 1.29 is 4.74 Å². The van der Waals surface area contributed by atoms with E-state index in [4.69, 9.17) is 4.74 Å². The van der Waals surface area contributed by atoms with Gasteiger partial charge in [0, 0.05) is 30.4 Å². The molecule has 112 valence electrons. The van der Waals surface area contributed by atoms with E-state index in [0.29, 0.717) is 11.6 Å². The number of anilines is 1. The highest BCUT2D eigenvalue weighted by Gasteiger charge is 2.18. The SMILES string of the molecule is Cc1cc(N2CCOCC2)n2nc(-c3ccccc3)nc2n1. The molecule has 1 saturated heterocycles. The molecule has 0 spiro atoms. The number of hydrogen-bond donors (Lipinski definition) is 0. The van der Waals surface area contributed by atoms with E-state index < -0.39 is 0 Å². The molecule has 0 amide bonds. The molecule has 0 atom stereocenters. The number of aromatic nitrogens is 4. The zero-order valence-corrected chi connectivity index (χ0v) is 12.4. The Hall–Kier alpha value is -2.47. The van der Waals surface area contributed by atoms with Crippen LogP contribution in [0.4, 0.5) is 5.82 Å². The highest BCUT2D eigenvalue weighted by molar-refractivity contribution is 5.58. The Morgan fingerprint density at radius 1 is 1.05 bits per heavy atom. The molecule has 22 heavy (non-hydrogen) atoms. The van der Waals surface area contributed by atoms with Gasteiger partial charge in [-0.25, -0.2) is 4.98 Å². The van der Waals surface area contributed by atoms with Crippen LogP contribution in [0.25, 0.3) is 17.2 Å². The number of hydrogen-bond acceptors (Lipinski definition) is 5. The van der Waals surface area contributed by atoms with Gasteiger partial charge in [0.2, 0.25) is 0 Å². The van der Waals surface area contributed by atoms with Gasteiger partial charge < -0.3 is 9.64 Å². The minimum Gasteiger partial charge on any atom is -0.378 e. The van der Waals surface area contributed by atoms with Gasteiger partial charge in [-0.1, -0.05) is 30.3 Å². The molecule has 1 aliphatic rings. The predicted octanol–water partition coefficient (Wildman–Crippen LogP) is 1.94. The molecule has 0 aliphatic carbocycles. The van der Waals surface area contributed by atoms with Gasteiger partial charge in [-0.15, -0.1) is 5.10 Å². The maximum atomic E-state index is 5.44. The van der Waals surface area contributed by atoms with E-state index in [1.165, 1.54) is 0 Å². The van der Waals surface area contributed by atoms with Crippen LogP contribution >= 0.6 is 0 Å². The van der Waals surface area contributed by atoms with E-state index in [-0.39, 0.29) is 0 Å². The number of nitrogens with zero attached hydrogens (tertiary/aromatic N) is 5. The summed E-state index contributed by atoms with van der Waals surface area (Å²) in [5, 5.41) is 4.66. The fourth-order valence-electron chi connectivity index (χ4n) is 2.70. The van der Waals surface area contributed by atoms with Crippen LogP contribution in [0.2, 0.25) is 0 Å². The summed E-state index contributed by atoms with van der Waals surface area (Å²) >= 11 is 0. The third kappa shape index (κ3) is 2.31. The van der Waals surface area contributed by atoms with Crippen molar-refractivity contribution in [3.8, 4) is 11.4 Å². The highest BCUT2D eigenvalue weighted by Crippen LogP contribution is 2.21. The molecule has 3 aromatic rings. The summed E-state index contributed by atoms with van der Waals surface area (Å²) < 4.78 is 7.27.